The van der Waals surface area contributed by atoms with Crippen LogP contribution in [0.1, 0.15) is 36.5 Å². The highest BCUT2D eigenvalue weighted by atomic mass is 16.1. The van der Waals surface area contributed by atoms with Gasteiger partial charge in [-0.15, -0.1) is 10.2 Å². The second-order valence-electron chi connectivity index (χ2n) is 7.05. The summed E-state index contributed by atoms with van der Waals surface area (Å²) in [7, 11) is 0. The van der Waals surface area contributed by atoms with E-state index >= 15 is 0 Å². The molecule has 0 unspecified atom stereocenters. The molecular formula is C20H24N6O. The molecule has 4 rings (SSSR count). The molecule has 1 aliphatic heterocycles. The molecule has 2 aromatic heterocycles. The molecule has 1 amide bonds. The van der Waals surface area contributed by atoms with Crippen LogP contribution in [0.3, 0.4) is 0 Å². The fourth-order valence-electron chi connectivity index (χ4n) is 3.58. The Balaban J connectivity index is 1.39. The van der Waals surface area contributed by atoms with Crippen LogP contribution in [0, 0.1) is 0 Å². The maximum Gasteiger partial charge on any atom is 0.254 e. The number of piperidine rings is 1. The highest BCUT2D eigenvalue weighted by Crippen LogP contribution is 2.19. The molecule has 1 fully saturated rings. The van der Waals surface area contributed by atoms with Crippen LogP contribution in [0.25, 0.3) is 16.9 Å². The predicted octanol–water partition coefficient (Wildman–Crippen LogP) is 2.40. The first-order valence-corrected chi connectivity index (χ1v) is 9.52. The second-order valence-corrected chi connectivity index (χ2v) is 7.05. The number of fused-ring (bicyclic) bond motifs is 1. The third kappa shape index (κ3) is 3.98. The molecule has 1 saturated heterocycles. The van der Waals surface area contributed by atoms with E-state index in [0.29, 0.717) is 11.3 Å². The molecule has 3 heterocycles. The Labute approximate surface area is 158 Å². The van der Waals surface area contributed by atoms with Crippen LogP contribution in [0.5, 0.6) is 0 Å². The molecule has 7 nitrogen and oxygen atoms in total. The lowest BCUT2D eigenvalue weighted by atomic mass is 10.0. The van der Waals surface area contributed by atoms with Gasteiger partial charge in [-0.25, -0.2) is 4.98 Å². The monoisotopic (exact) mass is 364 g/mol. The molecule has 0 atom stereocenters. The van der Waals surface area contributed by atoms with Crippen molar-refractivity contribution in [2.45, 2.75) is 32.2 Å². The molecule has 0 aliphatic carbocycles. The van der Waals surface area contributed by atoms with E-state index in [-0.39, 0.29) is 11.9 Å². The van der Waals surface area contributed by atoms with Gasteiger partial charge in [-0.2, -0.15) is 0 Å². The SMILES string of the molecule is CCCN1CCC(NC(=O)c2ccc(-c3cnc4nncn4c3)cc2)CC1. The molecular weight excluding hydrogens is 340 g/mol. The van der Waals surface area contributed by atoms with Crippen molar-refractivity contribution in [1.82, 2.24) is 29.8 Å². The summed E-state index contributed by atoms with van der Waals surface area (Å²) < 4.78 is 1.78. The van der Waals surface area contributed by atoms with Crippen LogP contribution in [0.4, 0.5) is 0 Å². The van der Waals surface area contributed by atoms with Crippen molar-refractivity contribution in [3.63, 3.8) is 0 Å². The Bertz CT molecular complexity index is 912. The first-order valence-electron chi connectivity index (χ1n) is 9.52. The molecule has 27 heavy (non-hydrogen) atoms. The predicted molar refractivity (Wildman–Crippen MR) is 103 cm³/mol. The van der Waals surface area contributed by atoms with E-state index in [0.717, 1.165) is 43.6 Å². The van der Waals surface area contributed by atoms with Crippen LogP contribution in [0.2, 0.25) is 0 Å². The molecule has 1 N–H and O–H groups in total. The quantitative estimate of drug-likeness (QED) is 0.752. The van der Waals surface area contributed by atoms with E-state index in [1.165, 1.54) is 6.42 Å². The smallest absolute Gasteiger partial charge is 0.254 e. The summed E-state index contributed by atoms with van der Waals surface area (Å²) >= 11 is 0. The van der Waals surface area contributed by atoms with Gasteiger partial charge in [-0.1, -0.05) is 19.1 Å². The third-order valence-corrected chi connectivity index (χ3v) is 5.09. The van der Waals surface area contributed by atoms with E-state index in [1.807, 2.05) is 30.5 Å². The van der Waals surface area contributed by atoms with E-state index in [2.05, 4.69) is 32.3 Å². The zero-order chi connectivity index (χ0) is 18.6. The first-order chi connectivity index (χ1) is 13.2. The maximum absolute atomic E-state index is 12.6. The Hall–Kier alpha value is -2.80. The van der Waals surface area contributed by atoms with Gasteiger partial charge in [0.1, 0.15) is 6.33 Å². The molecule has 0 bridgehead atoms. The number of aromatic nitrogens is 4. The van der Waals surface area contributed by atoms with Crippen molar-refractivity contribution < 1.29 is 4.79 Å². The summed E-state index contributed by atoms with van der Waals surface area (Å²) in [5, 5.41) is 10.9. The molecule has 1 aliphatic rings. The van der Waals surface area contributed by atoms with E-state index < -0.39 is 0 Å². The van der Waals surface area contributed by atoms with Crippen molar-refractivity contribution in [3.8, 4) is 11.1 Å². The normalized spacial score (nSPS) is 15.9. The molecule has 0 spiro atoms. The highest BCUT2D eigenvalue weighted by Gasteiger charge is 2.20. The number of hydrogen-bond acceptors (Lipinski definition) is 5. The lowest BCUT2D eigenvalue weighted by Gasteiger charge is -2.32. The largest absolute Gasteiger partial charge is 0.349 e. The summed E-state index contributed by atoms with van der Waals surface area (Å²) in [6, 6.07) is 7.91. The number of hydrogen-bond donors (Lipinski definition) is 1. The van der Waals surface area contributed by atoms with Gasteiger partial charge < -0.3 is 10.2 Å². The van der Waals surface area contributed by atoms with Gasteiger partial charge >= 0.3 is 0 Å². The number of benzene rings is 1. The fraction of sp³-hybridized carbons (Fsp3) is 0.400. The molecule has 7 heteroatoms. The van der Waals surface area contributed by atoms with E-state index in [4.69, 9.17) is 0 Å². The van der Waals surface area contributed by atoms with Gasteiger partial charge in [-0.05, 0) is 43.5 Å². The average molecular weight is 364 g/mol. The second kappa shape index (κ2) is 7.84. The molecule has 140 valence electrons. The highest BCUT2D eigenvalue weighted by molar-refractivity contribution is 5.94. The minimum absolute atomic E-state index is 0.00267. The first kappa shape index (κ1) is 17.6. The van der Waals surface area contributed by atoms with Crippen molar-refractivity contribution in [3.05, 3.63) is 48.5 Å². The topological polar surface area (TPSA) is 75.4 Å². The lowest BCUT2D eigenvalue weighted by Crippen LogP contribution is -2.44. The summed E-state index contributed by atoms with van der Waals surface area (Å²) in [5.41, 5.74) is 2.65. The minimum Gasteiger partial charge on any atom is -0.349 e. The fourth-order valence-corrected chi connectivity index (χ4v) is 3.58. The van der Waals surface area contributed by atoms with Crippen LogP contribution < -0.4 is 5.32 Å². The number of carbonyl (C=O) groups excluding carboxylic acids is 1. The maximum atomic E-state index is 12.6. The van der Waals surface area contributed by atoms with Gasteiger partial charge in [-0.3, -0.25) is 9.20 Å². The van der Waals surface area contributed by atoms with Gasteiger partial charge in [0.2, 0.25) is 0 Å². The van der Waals surface area contributed by atoms with Crippen molar-refractivity contribution in [2.24, 2.45) is 0 Å². The average Bonchev–Trinajstić information content (AvgIpc) is 3.17. The van der Waals surface area contributed by atoms with Crippen molar-refractivity contribution in [2.75, 3.05) is 19.6 Å². The Morgan fingerprint density at radius 3 is 2.70 bits per heavy atom. The molecule has 1 aromatic carbocycles. The number of carbonyl (C=O) groups is 1. The van der Waals surface area contributed by atoms with E-state index in [1.54, 1.807) is 16.9 Å². The number of amides is 1. The molecule has 3 aromatic rings. The van der Waals surface area contributed by atoms with Gasteiger partial charge in [0, 0.05) is 42.7 Å². The number of nitrogens with one attached hydrogen (secondary N) is 1. The molecule has 0 saturated carbocycles. The molecule has 0 radical (unpaired) electrons. The van der Waals surface area contributed by atoms with Crippen LogP contribution in [0.15, 0.2) is 43.0 Å². The number of likely N-dealkylation sites (tertiary alicyclic amines) is 1. The van der Waals surface area contributed by atoms with Crippen LogP contribution in [-0.4, -0.2) is 56.1 Å². The zero-order valence-electron chi connectivity index (χ0n) is 15.5. The standard InChI is InChI=1S/C20H24N6O/c1-2-9-25-10-7-18(8-11-25)23-19(27)16-5-3-15(4-6-16)17-12-21-20-24-22-14-26(20)13-17/h3-6,12-14,18H,2,7-11H2,1H3,(H,23,27). The van der Waals surface area contributed by atoms with Crippen LogP contribution in [-0.2, 0) is 0 Å². The van der Waals surface area contributed by atoms with Crippen molar-refractivity contribution >= 4 is 11.7 Å². The third-order valence-electron chi connectivity index (χ3n) is 5.09. The number of nitrogens with zero attached hydrogens (tertiary/aromatic N) is 5. The minimum atomic E-state index is 0.00267. The Morgan fingerprint density at radius 1 is 1.19 bits per heavy atom. The zero-order valence-corrected chi connectivity index (χ0v) is 15.5. The summed E-state index contributed by atoms with van der Waals surface area (Å²) in [6.07, 6.45) is 8.55. The van der Waals surface area contributed by atoms with Crippen LogP contribution >= 0.6 is 0 Å². The number of rotatable bonds is 5. The van der Waals surface area contributed by atoms with Gasteiger partial charge in [0.15, 0.2) is 0 Å². The summed E-state index contributed by atoms with van der Waals surface area (Å²) in [5.74, 6) is 0.572. The van der Waals surface area contributed by atoms with Gasteiger partial charge in [0.05, 0.1) is 0 Å². The van der Waals surface area contributed by atoms with Crippen molar-refractivity contribution in [1.29, 1.82) is 0 Å². The van der Waals surface area contributed by atoms with Gasteiger partial charge in [0.25, 0.3) is 11.7 Å². The lowest BCUT2D eigenvalue weighted by molar-refractivity contribution is 0.0911. The summed E-state index contributed by atoms with van der Waals surface area (Å²) in [4.78, 5) is 19.3. The Morgan fingerprint density at radius 2 is 1.96 bits per heavy atom. The van der Waals surface area contributed by atoms with E-state index in [9.17, 15) is 4.79 Å². The summed E-state index contributed by atoms with van der Waals surface area (Å²) in [6.45, 7) is 5.49. The Kier molecular flexibility index (Phi) is 5.11.